The third-order valence-corrected chi connectivity index (χ3v) is 5.64. The maximum atomic E-state index is 12.6. The molecule has 0 aliphatic carbocycles. The molecule has 0 saturated carbocycles. The van der Waals surface area contributed by atoms with Crippen LogP contribution in [0.15, 0.2) is 53.4 Å². The number of para-hydroxylation sites is 1. The van der Waals surface area contributed by atoms with Gasteiger partial charge in [-0.1, -0.05) is 25.1 Å². The maximum absolute atomic E-state index is 12.6. The molecule has 1 amide bonds. The van der Waals surface area contributed by atoms with Gasteiger partial charge in [-0.15, -0.1) is 0 Å². The van der Waals surface area contributed by atoms with E-state index in [1.165, 1.54) is 26.2 Å². The Hall–Kier alpha value is -2.54. The minimum absolute atomic E-state index is 0.0310. The number of nitrogens with zero attached hydrogens (tertiary/aromatic N) is 1. The molecule has 27 heavy (non-hydrogen) atoms. The summed E-state index contributed by atoms with van der Waals surface area (Å²) in [5.74, 6) is 0.694. The molecule has 0 fully saturated rings. The molecule has 1 atom stereocenters. The van der Waals surface area contributed by atoms with Gasteiger partial charge in [-0.3, -0.25) is 4.79 Å². The number of rotatable bonds is 8. The predicted octanol–water partition coefficient (Wildman–Crippen LogP) is 3.61. The van der Waals surface area contributed by atoms with Crippen LogP contribution in [-0.4, -0.2) is 32.4 Å². The van der Waals surface area contributed by atoms with E-state index < -0.39 is 10.1 Å². The first-order valence-electron chi connectivity index (χ1n) is 8.72. The molecule has 2 aromatic rings. The molecule has 6 nitrogen and oxygen atoms in total. The average molecular weight is 391 g/mol. The normalized spacial score (nSPS) is 12.3. The van der Waals surface area contributed by atoms with Crippen LogP contribution in [0.2, 0.25) is 0 Å². The third kappa shape index (κ3) is 5.23. The van der Waals surface area contributed by atoms with Crippen molar-refractivity contribution < 1.29 is 22.1 Å². The van der Waals surface area contributed by atoms with Gasteiger partial charge >= 0.3 is 10.1 Å². The highest BCUT2D eigenvalue weighted by Crippen LogP contribution is 2.26. The van der Waals surface area contributed by atoms with Gasteiger partial charge in [-0.2, -0.15) is 8.42 Å². The maximum Gasteiger partial charge on any atom is 0.339 e. The Morgan fingerprint density at radius 1 is 1.11 bits per heavy atom. The molecule has 0 radical (unpaired) electrons. The molecule has 0 spiro atoms. The summed E-state index contributed by atoms with van der Waals surface area (Å²) < 4.78 is 35.7. The SMILES string of the molecule is CCC(C)N(Cc1ccccc1OS(=O)(=O)c1ccc(OC)cc1)C(C)=O. The molecule has 2 rings (SSSR count). The van der Waals surface area contributed by atoms with E-state index in [4.69, 9.17) is 8.92 Å². The van der Waals surface area contributed by atoms with Crippen molar-refractivity contribution in [1.82, 2.24) is 4.90 Å². The Morgan fingerprint density at radius 3 is 2.30 bits per heavy atom. The summed E-state index contributed by atoms with van der Waals surface area (Å²) in [6, 6.07) is 12.8. The number of carbonyl (C=O) groups excluding carboxylic acids is 1. The largest absolute Gasteiger partial charge is 0.497 e. The van der Waals surface area contributed by atoms with Crippen LogP contribution in [0.1, 0.15) is 32.8 Å². The van der Waals surface area contributed by atoms with Gasteiger partial charge in [0, 0.05) is 25.1 Å². The molecule has 0 heterocycles. The zero-order valence-electron chi connectivity index (χ0n) is 16.0. The zero-order chi connectivity index (χ0) is 20.0. The second-order valence-corrected chi connectivity index (χ2v) is 7.77. The number of ether oxygens (including phenoxy) is 1. The molecule has 1 unspecified atom stereocenters. The van der Waals surface area contributed by atoms with Gasteiger partial charge < -0.3 is 13.8 Å². The quantitative estimate of drug-likeness (QED) is 0.643. The lowest BCUT2D eigenvalue weighted by atomic mass is 10.1. The van der Waals surface area contributed by atoms with E-state index in [2.05, 4.69) is 0 Å². The zero-order valence-corrected chi connectivity index (χ0v) is 16.8. The number of methoxy groups -OCH3 is 1. The van der Waals surface area contributed by atoms with Crippen molar-refractivity contribution in [1.29, 1.82) is 0 Å². The Bertz CT molecular complexity index is 878. The average Bonchev–Trinajstić information content (AvgIpc) is 2.66. The molecular formula is C20H25NO5S. The lowest BCUT2D eigenvalue weighted by Crippen LogP contribution is -2.36. The molecular weight excluding hydrogens is 366 g/mol. The van der Waals surface area contributed by atoms with Crippen LogP contribution >= 0.6 is 0 Å². The van der Waals surface area contributed by atoms with Crippen LogP contribution in [-0.2, 0) is 21.5 Å². The van der Waals surface area contributed by atoms with E-state index in [1.54, 1.807) is 41.3 Å². The molecule has 2 aromatic carbocycles. The molecule has 0 aliphatic rings. The van der Waals surface area contributed by atoms with Crippen molar-refractivity contribution in [3.63, 3.8) is 0 Å². The van der Waals surface area contributed by atoms with Crippen LogP contribution in [0, 0.1) is 0 Å². The highest BCUT2D eigenvalue weighted by atomic mass is 32.2. The predicted molar refractivity (Wildman–Crippen MR) is 103 cm³/mol. The minimum atomic E-state index is -4.00. The number of amides is 1. The van der Waals surface area contributed by atoms with Gasteiger partial charge in [0.1, 0.15) is 16.4 Å². The van der Waals surface area contributed by atoms with Crippen LogP contribution < -0.4 is 8.92 Å². The summed E-state index contributed by atoms with van der Waals surface area (Å²) >= 11 is 0. The minimum Gasteiger partial charge on any atom is -0.497 e. The van der Waals surface area contributed by atoms with Gasteiger partial charge in [0.2, 0.25) is 5.91 Å². The summed E-state index contributed by atoms with van der Waals surface area (Å²) in [7, 11) is -2.49. The van der Waals surface area contributed by atoms with Gasteiger partial charge in [0.05, 0.1) is 7.11 Å². The van der Waals surface area contributed by atoms with E-state index in [9.17, 15) is 13.2 Å². The van der Waals surface area contributed by atoms with E-state index in [-0.39, 0.29) is 29.1 Å². The van der Waals surface area contributed by atoms with Crippen LogP contribution in [0.4, 0.5) is 0 Å². The monoisotopic (exact) mass is 391 g/mol. The molecule has 0 aromatic heterocycles. The van der Waals surface area contributed by atoms with Gasteiger partial charge in [-0.05, 0) is 43.7 Å². The lowest BCUT2D eigenvalue weighted by molar-refractivity contribution is -0.131. The Morgan fingerprint density at radius 2 is 1.74 bits per heavy atom. The Balaban J connectivity index is 2.30. The number of hydrogen-bond acceptors (Lipinski definition) is 5. The summed E-state index contributed by atoms with van der Waals surface area (Å²) in [4.78, 5) is 13.7. The fourth-order valence-electron chi connectivity index (χ4n) is 2.61. The molecule has 146 valence electrons. The summed E-state index contributed by atoms with van der Waals surface area (Å²) in [5, 5.41) is 0. The highest BCUT2D eigenvalue weighted by Gasteiger charge is 2.21. The second-order valence-electron chi connectivity index (χ2n) is 6.22. The van der Waals surface area contributed by atoms with Crippen molar-refractivity contribution in [3.05, 3.63) is 54.1 Å². The van der Waals surface area contributed by atoms with Crippen LogP contribution in [0.25, 0.3) is 0 Å². The molecule has 7 heteroatoms. The van der Waals surface area contributed by atoms with E-state index in [0.29, 0.717) is 11.3 Å². The Kier molecular flexibility index (Phi) is 6.85. The smallest absolute Gasteiger partial charge is 0.339 e. The van der Waals surface area contributed by atoms with E-state index in [0.717, 1.165) is 6.42 Å². The van der Waals surface area contributed by atoms with Crippen molar-refractivity contribution in [3.8, 4) is 11.5 Å². The standard InChI is InChI=1S/C20H25NO5S/c1-5-15(2)21(16(3)22)14-17-8-6-7-9-20(17)26-27(23,24)19-12-10-18(25-4)11-13-19/h6-13,15H,5,14H2,1-4H3. The molecule has 0 aliphatic heterocycles. The van der Waals surface area contributed by atoms with E-state index in [1.807, 2.05) is 13.8 Å². The summed E-state index contributed by atoms with van der Waals surface area (Å²) in [6.07, 6.45) is 0.798. The third-order valence-electron chi connectivity index (χ3n) is 4.39. The van der Waals surface area contributed by atoms with Gasteiger partial charge in [0.25, 0.3) is 0 Å². The number of benzene rings is 2. The van der Waals surface area contributed by atoms with Crippen molar-refractivity contribution in [2.75, 3.05) is 7.11 Å². The van der Waals surface area contributed by atoms with E-state index >= 15 is 0 Å². The van der Waals surface area contributed by atoms with Gasteiger partial charge in [-0.25, -0.2) is 0 Å². The molecule has 0 N–H and O–H groups in total. The van der Waals surface area contributed by atoms with Gasteiger partial charge in [0.15, 0.2) is 0 Å². The Labute approximate surface area is 160 Å². The first-order chi connectivity index (χ1) is 12.8. The fraction of sp³-hybridized carbons (Fsp3) is 0.350. The highest BCUT2D eigenvalue weighted by molar-refractivity contribution is 7.87. The number of hydrogen-bond donors (Lipinski definition) is 0. The summed E-state index contributed by atoms with van der Waals surface area (Å²) in [5.41, 5.74) is 0.630. The second kappa shape index (κ2) is 8.90. The van der Waals surface area contributed by atoms with Crippen LogP contribution in [0.3, 0.4) is 0 Å². The first-order valence-corrected chi connectivity index (χ1v) is 10.1. The molecule has 0 saturated heterocycles. The lowest BCUT2D eigenvalue weighted by Gasteiger charge is -2.28. The summed E-state index contributed by atoms with van der Waals surface area (Å²) in [6.45, 7) is 5.73. The van der Waals surface area contributed by atoms with Crippen molar-refractivity contribution in [2.45, 2.75) is 44.7 Å². The van der Waals surface area contributed by atoms with Crippen molar-refractivity contribution >= 4 is 16.0 Å². The molecule has 0 bridgehead atoms. The fourth-order valence-corrected chi connectivity index (χ4v) is 3.57. The first kappa shape index (κ1) is 20.8. The number of carbonyl (C=O) groups is 1. The van der Waals surface area contributed by atoms with Crippen LogP contribution in [0.5, 0.6) is 11.5 Å². The topological polar surface area (TPSA) is 72.9 Å². The van der Waals surface area contributed by atoms with Crippen molar-refractivity contribution in [2.24, 2.45) is 0 Å².